The van der Waals surface area contributed by atoms with E-state index in [1.165, 1.54) is 0 Å². The van der Waals surface area contributed by atoms with Crippen LogP contribution in [0.3, 0.4) is 0 Å². The summed E-state index contributed by atoms with van der Waals surface area (Å²) >= 11 is 0. The van der Waals surface area contributed by atoms with E-state index >= 15 is 13.2 Å². The number of alkyl halides is 30. The Hall–Kier alpha value is -10.8. The fraction of sp³-hybridized carbons (Fsp3) is 0.141. The lowest BCUT2D eigenvalue weighted by Crippen LogP contribution is -2.13. The zero-order chi connectivity index (χ0) is 76.3. The van der Waals surface area contributed by atoms with Gasteiger partial charge in [0.05, 0.1) is 94.6 Å². The average molecular weight is 1490 g/mol. The molecule has 3 nitrogen and oxygen atoms in total. The van der Waals surface area contributed by atoms with Crippen LogP contribution in [0.25, 0.3) is 111 Å². The molecule has 0 aliphatic carbocycles. The standard InChI is InChI=1S/C71H29F30N3/c72-62(73,74)40-5-6-49(55(28-40)71(99,100)101)54-29-60(103-56-7-1-31(35-11-41(63(75,76)77)24-42(12-35)64(78,79)80)19-50(56)51-20-32(2-8-57(51)103)36-13-43(65(81,82)83)25-44(14-36)66(84,85)86)39(30-102)23-61(54)104-58-9-3-33(37-15-45(67(87,88)89)26-46(16-37)68(90,91)92)21-52(58)53-22-34(4-10-59(53)104)38-17-47(69(93,94)95)27-48(18-38)70(96,97)98/h1-29H. The van der Waals surface area contributed by atoms with Crippen LogP contribution >= 0.6 is 0 Å². The fourth-order valence-corrected chi connectivity index (χ4v) is 12.2. The Morgan fingerprint density at radius 1 is 0.212 bits per heavy atom. The van der Waals surface area contributed by atoms with Crippen LogP contribution in [-0.2, 0) is 61.8 Å². The minimum atomic E-state index is -5.88. The van der Waals surface area contributed by atoms with Crippen LogP contribution in [0.2, 0.25) is 0 Å². The third-order valence-corrected chi connectivity index (χ3v) is 16.9. The quantitative estimate of drug-likeness (QED) is 0.146. The lowest BCUT2D eigenvalue weighted by atomic mass is 9.93. The highest BCUT2D eigenvalue weighted by atomic mass is 19.4. The summed E-state index contributed by atoms with van der Waals surface area (Å²) in [6.45, 7) is 0. The molecule has 0 fully saturated rings. The Labute approximate surface area is 560 Å². The number of benzene rings is 10. The molecule has 12 rings (SSSR count). The van der Waals surface area contributed by atoms with Crippen molar-refractivity contribution in [3.63, 3.8) is 0 Å². The van der Waals surface area contributed by atoms with E-state index in [1.807, 2.05) is 0 Å². The van der Waals surface area contributed by atoms with Crippen LogP contribution in [-0.4, -0.2) is 9.13 Å². The van der Waals surface area contributed by atoms with Gasteiger partial charge in [-0.05, 0) is 196 Å². The molecule has 0 N–H and O–H groups in total. The lowest BCUT2D eigenvalue weighted by molar-refractivity contribution is -0.144. The molecule has 0 amide bonds. The van der Waals surface area contributed by atoms with Crippen molar-refractivity contribution >= 4 is 43.6 Å². The smallest absolute Gasteiger partial charge is 0.309 e. The topological polar surface area (TPSA) is 33.6 Å². The maximum atomic E-state index is 15.8. The molecule has 0 radical (unpaired) electrons. The number of hydrogen-bond acceptors (Lipinski definition) is 1. The van der Waals surface area contributed by atoms with E-state index in [9.17, 15) is 124 Å². The summed E-state index contributed by atoms with van der Waals surface area (Å²) in [5.74, 6) is 0. The van der Waals surface area contributed by atoms with Gasteiger partial charge >= 0.3 is 61.8 Å². The first-order valence-electron chi connectivity index (χ1n) is 29.0. The van der Waals surface area contributed by atoms with Crippen molar-refractivity contribution in [1.82, 2.24) is 9.13 Å². The van der Waals surface area contributed by atoms with Gasteiger partial charge in [0.2, 0.25) is 0 Å². The highest BCUT2D eigenvalue weighted by molar-refractivity contribution is 6.14. The zero-order valence-corrected chi connectivity index (χ0v) is 50.4. The second-order valence-corrected chi connectivity index (χ2v) is 23.5. The van der Waals surface area contributed by atoms with Crippen LogP contribution in [0.5, 0.6) is 0 Å². The van der Waals surface area contributed by atoms with E-state index in [4.69, 9.17) is 0 Å². The molecule has 104 heavy (non-hydrogen) atoms. The Balaban J connectivity index is 1.22. The lowest BCUT2D eigenvalue weighted by Gasteiger charge is -2.22. The van der Waals surface area contributed by atoms with Gasteiger partial charge in [-0.25, -0.2) is 0 Å². The van der Waals surface area contributed by atoms with E-state index in [0.717, 1.165) is 88.0 Å². The Bertz CT molecular complexity index is 5140. The van der Waals surface area contributed by atoms with Crippen LogP contribution < -0.4 is 0 Å². The van der Waals surface area contributed by atoms with Crippen molar-refractivity contribution in [1.29, 1.82) is 5.26 Å². The molecule has 0 aliphatic heterocycles. The van der Waals surface area contributed by atoms with E-state index in [2.05, 4.69) is 0 Å². The monoisotopic (exact) mass is 1490 g/mol. The number of rotatable bonds is 7. The third kappa shape index (κ3) is 13.8. The minimum absolute atomic E-state index is 0.130. The number of hydrogen-bond donors (Lipinski definition) is 0. The molecule has 0 spiro atoms. The highest BCUT2D eigenvalue weighted by Gasteiger charge is 2.44. The SMILES string of the molecule is N#Cc1cc(-n2c3ccc(-c4cc(C(F)(F)F)cc(C(F)(F)F)c4)cc3c3cc(-c4cc(C(F)(F)F)cc(C(F)(F)F)c4)ccc32)c(-c2ccc(C(F)(F)F)cc2C(F)(F)F)cc1-n1c2ccc(-c3cc(C(F)(F)F)cc(C(F)(F)F)c3)cc2c2cc(-c3cc(C(F)(F)F)cc(C(F)(F)F)c3)ccc21. The van der Waals surface area contributed by atoms with Gasteiger partial charge in [0, 0.05) is 27.1 Å². The first-order chi connectivity index (χ1) is 47.8. The normalized spacial score (nSPS) is 13.5. The van der Waals surface area contributed by atoms with Gasteiger partial charge < -0.3 is 9.13 Å². The molecule has 0 saturated carbocycles. The summed E-state index contributed by atoms with van der Waals surface area (Å²) in [5.41, 5.74) is -31.2. The maximum Gasteiger partial charge on any atom is 0.417 e. The summed E-state index contributed by atoms with van der Waals surface area (Å²) < 4.78 is 437. The van der Waals surface area contributed by atoms with Gasteiger partial charge in [0.15, 0.2) is 0 Å². The Morgan fingerprint density at radius 3 is 0.692 bits per heavy atom. The number of fused-ring (bicyclic) bond motifs is 6. The summed E-state index contributed by atoms with van der Waals surface area (Å²) in [4.78, 5) is 0. The van der Waals surface area contributed by atoms with E-state index in [1.54, 1.807) is 6.07 Å². The van der Waals surface area contributed by atoms with Crippen molar-refractivity contribution in [2.75, 3.05) is 0 Å². The number of nitriles is 1. The summed E-state index contributed by atoms with van der Waals surface area (Å²) in [7, 11) is 0. The predicted octanol–water partition coefficient (Wildman–Crippen LogP) is 26.3. The molecule has 0 saturated heterocycles. The number of nitrogens with zero attached hydrogens (tertiary/aromatic N) is 3. The second kappa shape index (κ2) is 24.1. The third-order valence-electron chi connectivity index (χ3n) is 16.9. The summed E-state index contributed by atoms with van der Waals surface area (Å²) in [6.07, 6.45) is -55.4. The molecular formula is C71H29F30N3. The summed E-state index contributed by atoms with van der Waals surface area (Å²) in [5, 5.41) is 9.53. The second-order valence-electron chi connectivity index (χ2n) is 23.5. The van der Waals surface area contributed by atoms with Crippen LogP contribution in [0.4, 0.5) is 132 Å². The van der Waals surface area contributed by atoms with Crippen molar-refractivity contribution in [3.8, 4) is 73.1 Å². The molecule has 12 aromatic rings. The molecular weight excluding hydrogens is 1460 g/mol. The minimum Gasteiger partial charge on any atom is -0.309 e. The average Bonchev–Trinajstić information content (AvgIpc) is 1.54. The molecule has 10 aromatic carbocycles. The van der Waals surface area contributed by atoms with Gasteiger partial charge in [-0.2, -0.15) is 137 Å². The largest absolute Gasteiger partial charge is 0.417 e. The van der Waals surface area contributed by atoms with E-state index in [-0.39, 0.29) is 91.0 Å². The van der Waals surface area contributed by atoms with Crippen LogP contribution in [0.1, 0.15) is 61.2 Å². The molecule has 0 aliphatic rings. The molecule has 2 aromatic heterocycles. The zero-order valence-electron chi connectivity index (χ0n) is 50.4. The Morgan fingerprint density at radius 2 is 0.462 bits per heavy atom. The van der Waals surface area contributed by atoms with Gasteiger partial charge in [0.1, 0.15) is 6.07 Å². The molecule has 33 heteroatoms. The maximum absolute atomic E-state index is 15.8. The number of halogens is 30. The van der Waals surface area contributed by atoms with Crippen LogP contribution in [0.15, 0.2) is 176 Å². The van der Waals surface area contributed by atoms with Gasteiger partial charge in [-0.3, -0.25) is 0 Å². The summed E-state index contributed by atoms with van der Waals surface area (Å²) in [6, 6.07) is 14.5. The van der Waals surface area contributed by atoms with Crippen molar-refractivity contribution in [2.45, 2.75) is 61.8 Å². The number of aromatic nitrogens is 2. The van der Waals surface area contributed by atoms with Crippen LogP contribution in [0, 0.1) is 11.3 Å². The molecule has 0 atom stereocenters. The Kier molecular flexibility index (Phi) is 16.9. The fourth-order valence-electron chi connectivity index (χ4n) is 12.2. The molecule has 2 heterocycles. The first-order valence-corrected chi connectivity index (χ1v) is 29.0. The molecule has 0 bridgehead atoms. The van der Waals surface area contributed by atoms with Gasteiger partial charge in [-0.15, -0.1) is 0 Å². The van der Waals surface area contributed by atoms with E-state index < -0.39 is 234 Å². The molecule has 538 valence electrons. The van der Waals surface area contributed by atoms with Gasteiger partial charge in [0.25, 0.3) is 0 Å². The van der Waals surface area contributed by atoms with Crippen molar-refractivity contribution in [2.24, 2.45) is 0 Å². The van der Waals surface area contributed by atoms with Crippen molar-refractivity contribution in [3.05, 3.63) is 237 Å². The highest BCUT2D eigenvalue weighted by Crippen LogP contribution is 2.51. The first kappa shape index (κ1) is 73.0. The molecule has 0 unspecified atom stereocenters. The van der Waals surface area contributed by atoms with Crippen molar-refractivity contribution < 1.29 is 132 Å². The van der Waals surface area contributed by atoms with Gasteiger partial charge in [-0.1, -0.05) is 30.3 Å². The predicted molar refractivity (Wildman–Crippen MR) is 317 cm³/mol. The van der Waals surface area contributed by atoms with E-state index in [0.29, 0.717) is 6.07 Å².